The lowest BCUT2D eigenvalue weighted by Crippen LogP contribution is -1.97. The molecule has 84 heavy (non-hydrogen) atoms. The summed E-state index contributed by atoms with van der Waals surface area (Å²) < 4.78 is 12.1. The van der Waals surface area contributed by atoms with Gasteiger partial charge in [0, 0.05) is 22.3 Å². The van der Waals surface area contributed by atoms with Gasteiger partial charge in [-0.2, -0.15) is 0 Å². The fourth-order valence-corrected chi connectivity index (χ4v) is 12.1. The van der Waals surface area contributed by atoms with Crippen molar-refractivity contribution in [3.05, 3.63) is 95.1 Å². The summed E-state index contributed by atoms with van der Waals surface area (Å²) in [6.07, 6.45) is 79.9. The Morgan fingerprint density at radius 3 is 0.464 bits per heavy atom. The number of hydrogen-bond acceptors (Lipinski definition) is 2. The molecule has 0 aliphatic rings. The van der Waals surface area contributed by atoms with E-state index in [0.29, 0.717) is 0 Å². The zero-order chi connectivity index (χ0) is 59.2. The Morgan fingerprint density at radius 2 is 0.310 bits per heavy atom. The van der Waals surface area contributed by atoms with E-state index >= 15 is 0 Å². The Labute approximate surface area is 523 Å². The Bertz CT molecular complexity index is 1790. The van der Waals surface area contributed by atoms with Gasteiger partial charge in [-0.05, 0) is 85.6 Å². The summed E-state index contributed by atoms with van der Waals surface area (Å²) in [5.74, 6) is 15.1. The van der Waals surface area contributed by atoms with Crippen LogP contribution in [0.2, 0.25) is 0 Å². The standard InChI is InChI=1S/C82H134O2/c1-3-5-7-9-11-13-15-17-19-21-23-25-27-29-31-33-35-37-39-41-43-45-47-49-51-53-55-57-75-83-81-71-67-79(68-72-81)65-63-77-59-61-78(62-60-77)64-66-80-69-73-82(74-70-80)84-76-58-56-54-52-50-48-46-44-42-40-38-36-34-32-30-28-26-24-22-20-18-16-14-12-10-8-6-4-2/h59-62,67-74H,3-58,75-76H2,1-2H3. The van der Waals surface area contributed by atoms with Crippen molar-refractivity contribution in [1.29, 1.82) is 0 Å². The van der Waals surface area contributed by atoms with Crippen molar-refractivity contribution in [3.8, 4) is 35.2 Å². The normalized spacial score (nSPS) is 11.2. The zero-order valence-corrected chi connectivity index (χ0v) is 55.8. The van der Waals surface area contributed by atoms with E-state index in [1.54, 1.807) is 0 Å². The Balaban J connectivity index is 1.04. The lowest BCUT2D eigenvalue weighted by atomic mass is 10.0. The fourth-order valence-electron chi connectivity index (χ4n) is 12.1. The molecular weight excluding hydrogens is 1020 g/mol. The van der Waals surface area contributed by atoms with Crippen LogP contribution in [0.1, 0.15) is 396 Å². The molecule has 0 aliphatic heterocycles. The van der Waals surface area contributed by atoms with Crippen molar-refractivity contribution in [3.63, 3.8) is 0 Å². The monoisotopic (exact) mass is 1150 g/mol. The smallest absolute Gasteiger partial charge is 0.119 e. The highest BCUT2D eigenvalue weighted by Crippen LogP contribution is 2.21. The van der Waals surface area contributed by atoms with Gasteiger partial charge in [0.15, 0.2) is 0 Å². The van der Waals surface area contributed by atoms with E-state index in [4.69, 9.17) is 9.47 Å². The largest absolute Gasteiger partial charge is 0.494 e. The van der Waals surface area contributed by atoms with Crippen LogP contribution in [-0.2, 0) is 0 Å². The van der Waals surface area contributed by atoms with Gasteiger partial charge in [0.2, 0.25) is 0 Å². The van der Waals surface area contributed by atoms with E-state index in [1.165, 1.54) is 347 Å². The number of ether oxygens (including phenoxy) is 2. The molecule has 0 aliphatic carbocycles. The van der Waals surface area contributed by atoms with Crippen molar-refractivity contribution in [1.82, 2.24) is 0 Å². The predicted molar refractivity (Wildman–Crippen MR) is 372 cm³/mol. The maximum atomic E-state index is 6.06. The molecule has 3 rings (SSSR count). The van der Waals surface area contributed by atoms with E-state index in [2.05, 4.69) is 110 Å². The molecule has 0 radical (unpaired) electrons. The Morgan fingerprint density at radius 1 is 0.179 bits per heavy atom. The second-order valence-electron chi connectivity index (χ2n) is 25.9. The molecule has 0 saturated carbocycles. The molecule has 474 valence electrons. The van der Waals surface area contributed by atoms with Crippen molar-refractivity contribution in [2.24, 2.45) is 0 Å². The Kier molecular flexibility index (Phi) is 53.0. The minimum absolute atomic E-state index is 0.791. The van der Waals surface area contributed by atoms with Gasteiger partial charge in [0.25, 0.3) is 0 Å². The second kappa shape index (κ2) is 59.7. The van der Waals surface area contributed by atoms with Crippen LogP contribution in [0.4, 0.5) is 0 Å². The number of hydrogen-bond donors (Lipinski definition) is 0. The van der Waals surface area contributed by atoms with Gasteiger partial charge >= 0.3 is 0 Å². The summed E-state index contributed by atoms with van der Waals surface area (Å²) in [5, 5.41) is 0. The van der Waals surface area contributed by atoms with Crippen molar-refractivity contribution < 1.29 is 9.47 Å². The van der Waals surface area contributed by atoms with E-state index < -0.39 is 0 Å². The highest BCUT2D eigenvalue weighted by molar-refractivity contribution is 5.48. The van der Waals surface area contributed by atoms with E-state index in [1.807, 2.05) is 0 Å². The van der Waals surface area contributed by atoms with Gasteiger partial charge in [0.05, 0.1) is 13.2 Å². The minimum atomic E-state index is 0.791. The maximum absolute atomic E-state index is 6.06. The van der Waals surface area contributed by atoms with Gasteiger partial charge in [-0.15, -0.1) is 0 Å². The van der Waals surface area contributed by atoms with Gasteiger partial charge in [0.1, 0.15) is 11.5 Å². The first-order valence-corrected chi connectivity index (χ1v) is 37.4. The third-order valence-corrected chi connectivity index (χ3v) is 17.8. The van der Waals surface area contributed by atoms with Crippen LogP contribution >= 0.6 is 0 Å². The lowest BCUT2D eigenvalue weighted by molar-refractivity contribution is 0.304. The molecule has 0 aromatic heterocycles. The number of unbranched alkanes of at least 4 members (excludes halogenated alkanes) is 54. The SMILES string of the molecule is CCCCCCCCCCCCCCCCCCCCCCCCCCCCCCOc1ccc(C#Cc2ccc(C#Cc3ccc(OCCCCCCCCCCCCCCCCCCCCCCCCCCCCCC)cc3)cc2)cc1. The topological polar surface area (TPSA) is 18.5 Å². The summed E-state index contributed by atoms with van der Waals surface area (Å²) in [7, 11) is 0. The molecule has 0 amide bonds. The number of benzene rings is 3. The molecule has 0 fully saturated rings. The van der Waals surface area contributed by atoms with Crippen LogP contribution in [-0.4, -0.2) is 13.2 Å². The van der Waals surface area contributed by atoms with Gasteiger partial charge in [-0.25, -0.2) is 0 Å². The summed E-state index contributed by atoms with van der Waals surface area (Å²) in [6, 6.07) is 24.7. The fraction of sp³-hybridized carbons (Fsp3) is 0.732. The number of rotatable bonds is 60. The first kappa shape index (κ1) is 74.6. The first-order chi connectivity index (χ1) is 41.8. The van der Waals surface area contributed by atoms with E-state index in [-0.39, 0.29) is 0 Å². The van der Waals surface area contributed by atoms with Gasteiger partial charge in [-0.1, -0.05) is 384 Å². The quantitative estimate of drug-likeness (QED) is 0.0414. The van der Waals surface area contributed by atoms with Crippen molar-refractivity contribution in [2.75, 3.05) is 13.2 Å². The third kappa shape index (κ3) is 48.5. The molecule has 3 aromatic rings. The molecule has 2 heteroatoms. The molecule has 3 aromatic carbocycles. The molecule has 0 atom stereocenters. The van der Waals surface area contributed by atoms with Crippen LogP contribution in [0, 0.1) is 23.7 Å². The molecule has 0 N–H and O–H groups in total. The first-order valence-electron chi connectivity index (χ1n) is 37.4. The predicted octanol–water partition coefficient (Wildman–Crippen LogP) is 27.1. The molecular formula is C82H134O2. The summed E-state index contributed by atoms with van der Waals surface area (Å²) in [5.41, 5.74) is 3.96. The van der Waals surface area contributed by atoms with Crippen LogP contribution < -0.4 is 9.47 Å². The highest BCUT2D eigenvalue weighted by Gasteiger charge is 2.02. The van der Waals surface area contributed by atoms with Gasteiger partial charge in [-0.3, -0.25) is 0 Å². The molecule has 0 unspecified atom stereocenters. The summed E-state index contributed by atoms with van der Waals surface area (Å²) in [4.78, 5) is 0. The lowest BCUT2D eigenvalue weighted by Gasteiger charge is -2.06. The van der Waals surface area contributed by atoms with Crippen LogP contribution in [0.15, 0.2) is 72.8 Å². The second-order valence-corrected chi connectivity index (χ2v) is 25.9. The maximum Gasteiger partial charge on any atom is 0.119 e. The average Bonchev–Trinajstić information content (AvgIpc) is 3.61. The molecule has 2 nitrogen and oxygen atoms in total. The average molecular weight is 1150 g/mol. The molecule has 0 saturated heterocycles. The van der Waals surface area contributed by atoms with Crippen LogP contribution in [0.3, 0.4) is 0 Å². The van der Waals surface area contributed by atoms with Gasteiger partial charge < -0.3 is 9.47 Å². The molecule has 0 spiro atoms. The molecule has 0 bridgehead atoms. The highest BCUT2D eigenvalue weighted by atomic mass is 16.5. The van der Waals surface area contributed by atoms with Crippen LogP contribution in [0.25, 0.3) is 0 Å². The van der Waals surface area contributed by atoms with E-state index in [0.717, 1.165) is 59.8 Å². The third-order valence-electron chi connectivity index (χ3n) is 17.8. The summed E-state index contributed by atoms with van der Waals surface area (Å²) in [6.45, 7) is 6.20. The summed E-state index contributed by atoms with van der Waals surface area (Å²) >= 11 is 0. The van der Waals surface area contributed by atoms with Crippen molar-refractivity contribution in [2.45, 2.75) is 373 Å². The zero-order valence-electron chi connectivity index (χ0n) is 55.8. The molecule has 0 heterocycles. The Hall–Kier alpha value is -3.62. The van der Waals surface area contributed by atoms with Crippen LogP contribution in [0.5, 0.6) is 11.5 Å². The van der Waals surface area contributed by atoms with E-state index in [9.17, 15) is 0 Å². The van der Waals surface area contributed by atoms with Crippen molar-refractivity contribution >= 4 is 0 Å². The minimum Gasteiger partial charge on any atom is -0.494 e.